The predicted molar refractivity (Wildman–Crippen MR) is 131 cm³/mol. The quantitative estimate of drug-likeness (QED) is 0.338. The van der Waals surface area contributed by atoms with Gasteiger partial charge >= 0.3 is 5.97 Å². The van der Waals surface area contributed by atoms with Crippen LogP contribution in [0.4, 0.5) is 0 Å². The molecule has 0 aliphatic heterocycles. The fourth-order valence-electron chi connectivity index (χ4n) is 3.50. The summed E-state index contributed by atoms with van der Waals surface area (Å²) in [4.78, 5) is 36.5. The van der Waals surface area contributed by atoms with E-state index in [9.17, 15) is 27.9 Å². The average molecular weight is 498 g/mol. The molecule has 0 aliphatic rings. The van der Waals surface area contributed by atoms with E-state index in [1.165, 1.54) is 19.1 Å². The summed E-state index contributed by atoms with van der Waals surface area (Å²) < 4.78 is 27.5. The van der Waals surface area contributed by atoms with Crippen molar-refractivity contribution in [2.45, 2.75) is 43.8 Å². The Bertz CT molecular complexity index is 1330. The van der Waals surface area contributed by atoms with Gasteiger partial charge in [0.05, 0.1) is 11.3 Å². The van der Waals surface area contributed by atoms with E-state index < -0.39 is 46.3 Å². The van der Waals surface area contributed by atoms with E-state index in [-0.39, 0.29) is 11.4 Å². The van der Waals surface area contributed by atoms with Crippen LogP contribution in [0.5, 0.6) is 0 Å². The second kappa shape index (κ2) is 11.1. The van der Waals surface area contributed by atoms with Crippen LogP contribution in [0.25, 0.3) is 10.8 Å². The molecule has 1 unspecified atom stereocenters. The van der Waals surface area contributed by atoms with Gasteiger partial charge in [0.15, 0.2) is 0 Å². The van der Waals surface area contributed by atoms with Gasteiger partial charge in [0.25, 0.3) is 0 Å². The molecule has 0 saturated carbocycles. The molecule has 2 atom stereocenters. The molecule has 0 spiro atoms. The van der Waals surface area contributed by atoms with Gasteiger partial charge in [-0.15, -0.1) is 0 Å². The summed E-state index contributed by atoms with van der Waals surface area (Å²) in [6, 6.07) is 16.7. The van der Waals surface area contributed by atoms with E-state index in [1.54, 1.807) is 19.1 Å². The first-order chi connectivity index (χ1) is 16.6. The number of carbonyl (C=O) groups excluding carboxylic acids is 2. The molecule has 4 N–H and O–H groups in total. The Hall–Kier alpha value is -3.76. The Morgan fingerprint density at radius 1 is 0.914 bits per heavy atom. The second-order valence-corrected chi connectivity index (χ2v) is 9.89. The number of carboxylic acid groups (broad SMARTS) is 1. The summed E-state index contributed by atoms with van der Waals surface area (Å²) in [6.45, 7) is 3.44. The fourth-order valence-corrected chi connectivity index (χ4v) is 4.69. The van der Waals surface area contributed by atoms with E-state index in [1.807, 2.05) is 42.5 Å². The number of benzene rings is 3. The van der Waals surface area contributed by atoms with Crippen LogP contribution in [0.3, 0.4) is 0 Å². The number of aryl methyl sites for hydroxylation is 1. The van der Waals surface area contributed by atoms with Crippen molar-refractivity contribution in [3.63, 3.8) is 0 Å². The third-order valence-corrected chi connectivity index (χ3v) is 6.90. The second-order valence-electron chi connectivity index (χ2n) is 8.17. The number of carbonyl (C=O) groups is 3. The summed E-state index contributed by atoms with van der Waals surface area (Å²) in [5, 5.41) is 16.3. The molecule has 0 saturated heterocycles. The standard InChI is InChI=1S/C25H27N3O6S/c1-16-10-12-20(13-11-16)35(33,34)28-22(14-23(29)30)25(32)27-17(2)24(31)26-15-19-8-5-7-18-6-3-4-9-21(18)19/h3-13,17,22,28H,14-15H2,1-2H3,(H,26,31)(H,27,32)(H,29,30)/t17?,22-/m0/s1. The maximum absolute atomic E-state index is 12.7. The summed E-state index contributed by atoms with van der Waals surface area (Å²) in [5.41, 5.74) is 1.73. The third-order valence-electron chi connectivity index (χ3n) is 5.41. The normalized spacial score (nSPS) is 13.1. The zero-order valence-electron chi connectivity index (χ0n) is 19.3. The first kappa shape index (κ1) is 25.9. The Balaban J connectivity index is 1.65. The van der Waals surface area contributed by atoms with Gasteiger partial charge in [0.2, 0.25) is 21.8 Å². The minimum absolute atomic E-state index is 0.104. The van der Waals surface area contributed by atoms with Gasteiger partial charge in [-0.25, -0.2) is 8.42 Å². The monoisotopic (exact) mass is 497 g/mol. The molecule has 0 fully saturated rings. The van der Waals surface area contributed by atoms with Crippen LogP contribution in [0.2, 0.25) is 0 Å². The van der Waals surface area contributed by atoms with Gasteiger partial charge in [0, 0.05) is 6.54 Å². The molecular formula is C25H27N3O6S. The van der Waals surface area contributed by atoms with E-state index in [2.05, 4.69) is 15.4 Å². The zero-order chi connectivity index (χ0) is 25.6. The van der Waals surface area contributed by atoms with Crippen LogP contribution in [0.15, 0.2) is 71.6 Å². The van der Waals surface area contributed by atoms with E-state index in [0.717, 1.165) is 21.9 Å². The lowest BCUT2D eigenvalue weighted by Crippen LogP contribution is -2.53. The van der Waals surface area contributed by atoms with Crippen molar-refractivity contribution in [2.75, 3.05) is 0 Å². The van der Waals surface area contributed by atoms with Crippen LogP contribution < -0.4 is 15.4 Å². The number of hydrogen-bond acceptors (Lipinski definition) is 5. The number of sulfonamides is 1. The number of rotatable bonds is 10. The minimum Gasteiger partial charge on any atom is -0.481 e. The topological polar surface area (TPSA) is 142 Å². The average Bonchev–Trinajstić information content (AvgIpc) is 2.81. The van der Waals surface area contributed by atoms with Crippen molar-refractivity contribution in [1.82, 2.24) is 15.4 Å². The molecule has 0 aromatic heterocycles. The SMILES string of the molecule is Cc1ccc(S(=O)(=O)N[C@@H](CC(=O)O)C(=O)NC(C)C(=O)NCc2cccc3ccccc23)cc1. The van der Waals surface area contributed by atoms with Crippen molar-refractivity contribution >= 4 is 38.6 Å². The van der Waals surface area contributed by atoms with E-state index in [4.69, 9.17) is 0 Å². The minimum atomic E-state index is -4.16. The molecule has 9 nitrogen and oxygen atoms in total. The molecule has 0 bridgehead atoms. The van der Waals surface area contributed by atoms with Gasteiger partial charge < -0.3 is 15.7 Å². The Kier molecular flexibility index (Phi) is 8.21. The molecule has 0 heterocycles. The molecule has 10 heteroatoms. The molecule has 0 aliphatic carbocycles. The fraction of sp³-hybridized carbons (Fsp3) is 0.240. The number of aliphatic carboxylic acids is 1. The number of hydrogen-bond donors (Lipinski definition) is 4. The zero-order valence-corrected chi connectivity index (χ0v) is 20.1. The lowest BCUT2D eigenvalue weighted by molar-refractivity contribution is -0.139. The first-order valence-corrected chi connectivity index (χ1v) is 12.4. The summed E-state index contributed by atoms with van der Waals surface area (Å²) >= 11 is 0. The number of carboxylic acids is 1. The van der Waals surface area contributed by atoms with Gasteiger partial charge in [-0.2, -0.15) is 4.72 Å². The first-order valence-electron chi connectivity index (χ1n) is 10.9. The Morgan fingerprint density at radius 3 is 2.26 bits per heavy atom. The van der Waals surface area contributed by atoms with Crippen LogP contribution in [0, 0.1) is 6.92 Å². The highest BCUT2D eigenvalue weighted by Gasteiger charge is 2.29. The van der Waals surface area contributed by atoms with Crippen LogP contribution in [-0.4, -0.2) is 43.4 Å². The Morgan fingerprint density at radius 2 is 1.57 bits per heavy atom. The van der Waals surface area contributed by atoms with Crippen molar-refractivity contribution in [3.8, 4) is 0 Å². The lowest BCUT2D eigenvalue weighted by Gasteiger charge is -2.20. The van der Waals surface area contributed by atoms with Gasteiger partial charge in [-0.3, -0.25) is 14.4 Å². The van der Waals surface area contributed by atoms with Crippen molar-refractivity contribution in [2.24, 2.45) is 0 Å². The highest BCUT2D eigenvalue weighted by atomic mass is 32.2. The van der Waals surface area contributed by atoms with Crippen LogP contribution in [-0.2, 0) is 31.0 Å². The van der Waals surface area contributed by atoms with Gasteiger partial charge in [-0.1, -0.05) is 60.2 Å². The molecule has 184 valence electrons. The smallest absolute Gasteiger partial charge is 0.305 e. The lowest BCUT2D eigenvalue weighted by atomic mass is 10.0. The van der Waals surface area contributed by atoms with Crippen LogP contribution >= 0.6 is 0 Å². The van der Waals surface area contributed by atoms with Crippen molar-refractivity contribution in [3.05, 3.63) is 77.9 Å². The number of amides is 2. The summed E-state index contributed by atoms with van der Waals surface area (Å²) in [7, 11) is -4.16. The predicted octanol–water partition coefficient (Wildman–Crippen LogP) is 2.09. The molecular weight excluding hydrogens is 470 g/mol. The van der Waals surface area contributed by atoms with Crippen molar-refractivity contribution in [1.29, 1.82) is 0 Å². The molecule has 3 aromatic rings. The maximum Gasteiger partial charge on any atom is 0.305 e. The van der Waals surface area contributed by atoms with Crippen molar-refractivity contribution < 1.29 is 27.9 Å². The number of nitrogens with one attached hydrogen (secondary N) is 3. The highest BCUT2D eigenvalue weighted by molar-refractivity contribution is 7.89. The van der Waals surface area contributed by atoms with E-state index >= 15 is 0 Å². The molecule has 2 amide bonds. The van der Waals surface area contributed by atoms with E-state index in [0.29, 0.717) is 0 Å². The third kappa shape index (κ3) is 6.87. The summed E-state index contributed by atoms with van der Waals surface area (Å²) in [6.07, 6.45) is -0.790. The molecule has 0 radical (unpaired) electrons. The Labute approximate surface area is 203 Å². The highest BCUT2D eigenvalue weighted by Crippen LogP contribution is 2.18. The van der Waals surface area contributed by atoms with Gasteiger partial charge in [-0.05, 0) is 42.3 Å². The largest absolute Gasteiger partial charge is 0.481 e. The molecule has 35 heavy (non-hydrogen) atoms. The van der Waals surface area contributed by atoms with Crippen LogP contribution in [0.1, 0.15) is 24.5 Å². The van der Waals surface area contributed by atoms with Gasteiger partial charge in [0.1, 0.15) is 12.1 Å². The number of fused-ring (bicyclic) bond motifs is 1. The molecule has 3 aromatic carbocycles. The molecule has 3 rings (SSSR count). The summed E-state index contributed by atoms with van der Waals surface area (Å²) in [5.74, 6) is -2.79. The maximum atomic E-state index is 12.7.